The average Bonchev–Trinajstić information content (AvgIpc) is 2.45. The average molecular weight is 270 g/mol. The molecule has 1 atom stereocenters. The van der Waals surface area contributed by atoms with Crippen LogP contribution in [0.5, 0.6) is 0 Å². The molecule has 1 amide bonds. The Bertz CT molecular complexity index is 644. The van der Waals surface area contributed by atoms with Crippen molar-refractivity contribution in [3.63, 3.8) is 0 Å². The van der Waals surface area contributed by atoms with Gasteiger partial charge in [0.05, 0.1) is 6.04 Å². The van der Waals surface area contributed by atoms with Gasteiger partial charge in [-0.1, -0.05) is 36.8 Å². The zero-order valence-electron chi connectivity index (χ0n) is 11.6. The molecular weight excluding hydrogens is 252 g/mol. The third kappa shape index (κ3) is 3.35. The van der Waals surface area contributed by atoms with E-state index in [9.17, 15) is 9.59 Å². The van der Waals surface area contributed by atoms with Gasteiger partial charge >= 0.3 is 0 Å². The van der Waals surface area contributed by atoms with Crippen LogP contribution in [0, 0.1) is 6.92 Å². The lowest BCUT2D eigenvalue weighted by Crippen LogP contribution is -2.29. The molecule has 4 heteroatoms. The van der Waals surface area contributed by atoms with E-state index in [1.807, 2.05) is 38.1 Å². The van der Waals surface area contributed by atoms with Crippen molar-refractivity contribution in [3.05, 3.63) is 69.6 Å². The fourth-order valence-electron chi connectivity index (χ4n) is 2.05. The van der Waals surface area contributed by atoms with Crippen LogP contribution in [0.25, 0.3) is 0 Å². The molecular formula is C16H18N2O2. The van der Waals surface area contributed by atoms with E-state index in [4.69, 9.17) is 0 Å². The Hall–Kier alpha value is -2.36. The summed E-state index contributed by atoms with van der Waals surface area (Å²) in [6.07, 6.45) is 2.27. The highest BCUT2D eigenvalue weighted by molar-refractivity contribution is 5.94. The molecule has 2 rings (SSSR count). The van der Waals surface area contributed by atoms with Gasteiger partial charge in [0.2, 0.25) is 5.56 Å². The van der Waals surface area contributed by atoms with Crippen LogP contribution in [0.2, 0.25) is 0 Å². The second-order valence-electron chi connectivity index (χ2n) is 4.79. The largest absolute Gasteiger partial charge is 0.345 e. The van der Waals surface area contributed by atoms with E-state index in [0.29, 0.717) is 5.56 Å². The number of amides is 1. The van der Waals surface area contributed by atoms with Gasteiger partial charge < -0.3 is 10.3 Å². The van der Waals surface area contributed by atoms with Crippen molar-refractivity contribution in [2.24, 2.45) is 0 Å². The minimum Gasteiger partial charge on any atom is -0.345 e. The van der Waals surface area contributed by atoms with Gasteiger partial charge in [-0.25, -0.2) is 0 Å². The number of H-pyrrole nitrogens is 1. The number of pyridine rings is 1. The van der Waals surface area contributed by atoms with Crippen LogP contribution in [0.15, 0.2) is 47.4 Å². The number of carbonyl (C=O) groups is 1. The number of rotatable bonds is 4. The van der Waals surface area contributed by atoms with Crippen LogP contribution in [0.3, 0.4) is 0 Å². The van der Waals surface area contributed by atoms with Gasteiger partial charge in [0.25, 0.3) is 5.91 Å². The van der Waals surface area contributed by atoms with E-state index in [1.54, 1.807) is 6.07 Å². The maximum absolute atomic E-state index is 12.1. The maximum Gasteiger partial charge on any atom is 0.252 e. The molecule has 0 fully saturated rings. The predicted molar refractivity (Wildman–Crippen MR) is 78.7 cm³/mol. The highest BCUT2D eigenvalue weighted by atomic mass is 16.2. The number of aromatic nitrogens is 1. The van der Waals surface area contributed by atoms with Gasteiger partial charge in [0, 0.05) is 17.8 Å². The Balaban J connectivity index is 2.16. The summed E-state index contributed by atoms with van der Waals surface area (Å²) in [7, 11) is 0. The third-order valence-corrected chi connectivity index (χ3v) is 3.23. The summed E-state index contributed by atoms with van der Waals surface area (Å²) in [4.78, 5) is 25.9. The third-order valence-electron chi connectivity index (χ3n) is 3.23. The molecule has 1 heterocycles. The molecule has 0 aliphatic rings. The summed E-state index contributed by atoms with van der Waals surface area (Å²) in [5.41, 5.74) is 2.35. The van der Waals surface area contributed by atoms with E-state index in [1.165, 1.54) is 17.8 Å². The normalized spacial score (nSPS) is 11.9. The summed E-state index contributed by atoms with van der Waals surface area (Å²) in [5, 5.41) is 2.95. The number of hydrogen-bond donors (Lipinski definition) is 2. The number of hydrogen-bond acceptors (Lipinski definition) is 2. The zero-order chi connectivity index (χ0) is 14.5. The standard InChI is InChI=1S/C16H18N2O2/c1-3-14(12-6-4-11(2)5-7-12)18-16(20)13-8-9-17-15(19)10-13/h4-10,14H,3H2,1-2H3,(H,17,19)(H,18,20). The van der Waals surface area contributed by atoms with Gasteiger partial charge in [-0.15, -0.1) is 0 Å². The van der Waals surface area contributed by atoms with Crippen LogP contribution >= 0.6 is 0 Å². The molecule has 0 radical (unpaired) electrons. The lowest BCUT2D eigenvalue weighted by atomic mass is 10.0. The van der Waals surface area contributed by atoms with Gasteiger partial charge in [-0.05, 0) is 25.0 Å². The van der Waals surface area contributed by atoms with E-state index >= 15 is 0 Å². The van der Waals surface area contributed by atoms with Crippen LogP contribution in [-0.2, 0) is 0 Å². The highest BCUT2D eigenvalue weighted by Gasteiger charge is 2.14. The second-order valence-corrected chi connectivity index (χ2v) is 4.79. The van der Waals surface area contributed by atoms with Crippen molar-refractivity contribution < 1.29 is 4.79 Å². The quantitative estimate of drug-likeness (QED) is 0.897. The van der Waals surface area contributed by atoms with E-state index < -0.39 is 0 Å². The van der Waals surface area contributed by atoms with Crippen molar-refractivity contribution in [1.82, 2.24) is 10.3 Å². The minimum absolute atomic E-state index is 0.0533. The van der Waals surface area contributed by atoms with E-state index in [-0.39, 0.29) is 17.5 Å². The first kappa shape index (κ1) is 14.1. The topological polar surface area (TPSA) is 62.0 Å². The SMILES string of the molecule is CCC(NC(=O)c1cc[nH]c(=O)c1)c1ccc(C)cc1. The number of nitrogens with one attached hydrogen (secondary N) is 2. The van der Waals surface area contributed by atoms with Crippen molar-refractivity contribution >= 4 is 5.91 Å². The molecule has 0 spiro atoms. The zero-order valence-corrected chi connectivity index (χ0v) is 11.6. The lowest BCUT2D eigenvalue weighted by molar-refractivity contribution is 0.0935. The Morgan fingerprint density at radius 3 is 2.55 bits per heavy atom. The fourth-order valence-corrected chi connectivity index (χ4v) is 2.05. The van der Waals surface area contributed by atoms with Gasteiger partial charge in [-0.2, -0.15) is 0 Å². The monoisotopic (exact) mass is 270 g/mol. The first-order valence-electron chi connectivity index (χ1n) is 6.66. The van der Waals surface area contributed by atoms with Gasteiger partial charge in [0.1, 0.15) is 0 Å². The van der Waals surface area contributed by atoms with E-state index in [2.05, 4.69) is 10.3 Å². The summed E-state index contributed by atoms with van der Waals surface area (Å²) in [5.74, 6) is -0.233. The first-order valence-corrected chi connectivity index (χ1v) is 6.66. The van der Waals surface area contributed by atoms with Gasteiger partial charge in [-0.3, -0.25) is 9.59 Å². The molecule has 0 saturated carbocycles. The Kier molecular flexibility index (Phi) is 4.35. The predicted octanol–water partition coefficient (Wildman–Crippen LogP) is 2.56. The molecule has 1 unspecified atom stereocenters. The second kappa shape index (κ2) is 6.19. The molecule has 1 aromatic heterocycles. The van der Waals surface area contributed by atoms with Crippen molar-refractivity contribution in [2.75, 3.05) is 0 Å². The molecule has 0 bridgehead atoms. The van der Waals surface area contributed by atoms with Crippen molar-refractivity contribution in [1.29, 1.82) is 0 Å². The first-order chi connectivity index (χ1) is 9.60. The molecule has 0 aliphatic carbocycles. The van der Waals surface area contributed by atoms with Crippen molar-refractivity contribution in [2.45, 2.75) is 26.3 Å². The number of benzene rings is 1. The smallest absolute Gasteiger partial charge is 0.252 e. The molecule has 2 aromatic rings. The Labute approximate surface area is 117 Å². The van der Waals surface area contributed by atoms with Crippen LogP contribution in [0.4, 0.5) is 0 Å². The number of aryl methyl sites for hydroxylation is 1. The van der Waals surface area contributed by atoms with E-state index in [0.717, 1.165) is 12.0 Å². The maximum atomic E-state index is 12.1. The molecule has 4 nitrogen and oxygen atoms in total. The van der Waals surface area contributed by atoms with Crippen LogP contribution in [0.1, 0.15) is 40.9 Å². The molecule has 2 N–H and O–H groups in total. The summed E-state index contributed by atoms with van der Waals surface area (Å²) in [6, 6.07) is 10.9. The minimum atomic E-state index is -0.277. The summed E-state index contributed by atoms with van der Waals surface area (Å²) in [6.45, 7) is 4.04. The summed E-state index contributed by atoms with van der Waals surface area (Å²) < 4.78 is 0. The summed E-state index contributed by atoms with van der Waals surface area (Å²) >= 11 is 0. The molecule has 0 saturated heterocycles. The highest BCUT2D eigenvalue weighted by Crippen LogP contribution is 2.17. The molecule has 1 aromatic carbocycles. The number of aromatic amines is 1. The molecule has 104 valence electrons. The van der Waals surface area contributed by atoms with Gasteiger partial charge in [0.15, 0.2) is 0 Å². The number of carbonyl (C=O) groups excluding carboxylic acids is 1. The van der Waals surface area contributed by atoms with Crippen LogP contribution in [-0.4, -0.2) is 10.9 Å². The molecule has 20 heavy (non-hydrogen) atoms. The molecule has 0 aliphatic heterocycles. The van der Waals surface area contributed by atoms with Crippen molar-refractivity contribution in [3.8, 4) is 0 Å². The fraction of sp³-hybridized carbons (Fsp3) is 0.250. The lowest BCUT2D eigenvalue weighted by Gasteiger charge is -2.17. The Morgan fingerprint density at radius 2 is 1.95 bits per heavy atom. The van der Waals surface area contributed by atoms with Crippen LogP contribution < -0.4 is 10.9 Å². The Morgan fingerprint density at radius 1 is 1.25 bits per heavy atom.